The highest BCUT2D eigenvalue weighted by Gasteiger charge is 2.48. The Labute approximate surface area is 148 Å². The molecule has 0 amide bonds. The highest BCUT2D eigenvalue weighted by Crippen LogP contribution is 2.39. The largest absolute Gasteiger partial charge is 0.347 e. The predicted octanol–water partition coefficient (Wildman–Crippen LogP) is 3.28. The Balaban J connectivity index is 1.63. The Morgan fingerprint density at radius 1 is 1.24 bits per heavy atom. The van der Waals surface area contributed by atoms with Crippen LogP contribution in [0.3, 0.4) is 0 Å². The van der Waals surface area contributed by atoms with Crippen molar-refractivity contribution in [2.24, 2.45) is 0 Å². The molecule has 2 unspecified atom stereocenters. The summed E-state index contributed by atoms with van der Waals surface area (Å²) in [6, 6.07) is 8.61. The van der Waals surface area contributed by atoms with Gasteiger partial charge in [0.25, 0.3) is 0 Å². The van der Waals surface area contributed by atoms with Gasteiger partial charge in [0.15, 0.2) is 11.9 Å². The lowest BCUT2D eigenvalue weighted by atomic mass is 10.0. The van der Waals surface area contributed by atoms with Crippen LogP contribution in [0.4, 0.5) is 0 Å². The molecule has 0 spiro atoms. The van der Waals surface area contributed by atoms with Gasteiger partial charge in [-0.15, -0.1) is 0 Å². The van der Waals surface area contributed by atoms with Gasteiger partial charge in [0.1, 0.15) is 6.23 Å². The van der Waals surface area contributed by atoms with E-state index in [0.29, 0.717) is 12.5 Å². The van der Waals surface area contributed by atoms with Gasteiger partial charge in [-0.1, -0.05) is 38.1 Å². The summed E-state index contributed by atoms with van der Waals surface area (Å²) in [5.41, 5.74) is 2.77. The number of nitro groups is 1. The third kappa shape index (κ3) is 2.88. The molecule has 25 heavy (non-hydrogen) atoms. The van der Waals surface area contributed by atoms with Crippen molar-refractivity contribution in [1.29, 1.82) is 0 Å². The summed E-state index contributed by atoms with van der Waals surface area (Å²) in [5, 5.41) is 11.7. The lowest BCUT2D eigenvalue weighted by molar-refractivity contribution is -0.448. The normalized spacial score (nSPS) is 25.6. The third-order valence-corrected chi connectivity index (χ3v) is 5.52. The summed E-state index contributed by atoms with van der Waals surface area (Å²) in [5.74, 6) is 1.30. The van der Waals surface area contributed by atoms with Crippen molar-refractivity contribution in [3.8, 4) is 0 Å². The molecule has 0 radical (unpaired) electrons. The summed E-state index contributed by atoms with van der Waals surface area (Å²) in [6.07, 6.45) is 2.35. The first-order valence-corrected chi connectivity index (χ1v) is 9.19. The van der Waals surface area contributed by atoms with E-state index in [1.54, 1.807) is 0 Å². The zero-order valence-electron chi connectivity index (χ0n) is 14.9. The molecule has 6 nitrogen and oxygen atoms in total. The summed E-state index contributed by atoms with van der Waals surface area (Å²) >= 11 is 0. The van der Waals surface area contributed by atoms with Crippen molar-refractivity contribution < 1.29 is 9.66 Å². The quantitative estimate of drug-likeness (QED) is 0.620. The van der Waals surface area contributed by atoms with E-state index in [9.17, 15) is 10.1 Å². The monoisotopic (exact) mass is 343 g/mol. The zero-order valence-corrected chi connectivity index (χ0v) is 14.9. The molecule has 4 rings (SSSR count). The number of nitrogens with zero attached hydrogens (tertiary/aromatic N) is 3. The van der Waals surface area contributed by atoms with Crippen LogP contribution in [0.25, 0.3) is 0 Å². The molecule has 1 aromatic rings. The molecular formula is C19H25N3O3. The highest BCUT2D eigenvalue weighted by atomic mass is 16.6. The van der Waals surface area contributed by atoms with E-state index in [1.165, 1.54) is 11.1 Å². The van der Waals surface area contributed by atoms with Gasteiger partial charge in [-0.25, -0.2) is 0 Å². The van der Waals surface area contributed by atoms with Crippen molar-refractivity contribution in [2.45, 2.75) is 57.9 Å². The van der Waals surface area contributed by atoms with Crippen molar-refractivity contribution in [2.75, 3.05) is 13.1 Å². The van der Waals surface area contributed by atoms with Gasteiger partial charge in [0.2, 0.25) is 0 Å². The average molecular weight is 343 g/mol. The van der Waals surface area contributed by atoms with E-state index in [2.05, 4.69) is 47.9 Å². The molecule has 3 aliphatic rings. The fourth-order valence-corrected chi connectivity index (χ4v) is 4.17. The molecule has 2 bridgehead atoms. The number of ether oxygens (including phenoxy) is 1. The zero-order chi connectivity index (χ0) is 17.6. The van der Waals surface area contributed by atoms with Crippen LogP contribution < -0.4 is 0 Å². The van der Waals surface area contributed by atoms with E-state index in [4.69, 9.17) is 4.74 Å². The van der Waals surface area contributed by atoms with Crippen molar-refractivity contribution in [3.63, 3.8) is 0 Å². The molecule has 2 fully saturated rings. The Morgan fingerprint density at radius 3 is 2.68 bits per heavy atom. The predicted molar refractivity (Wildman–Crippen MR) is 94.2 cm³/mol. The molecule has 0 aliphatic carbocycles. The van der Waals surface area contributed by atoms with E-state index < -0.39 is 0 Å². The van der Waals surface area contributed by atoms with Gasteiger partial charge < -0.3 is 14.5 Å². The Bertz CT molecular complexity index is 698. The van der Waals surface area contributed by atoms with Crippen molar-refractivity contribution >= 4 is 0 Å². The lowest BCUT2D eigenvalue weighted by Crippen LogP contribution is -2.48. The molecule has 6 heteroatoms. The number of fused-ring (bicyclic) bond motifs is 4. The van der Waals surface area contributed by atoms with Gasteiger partial charge >= 0.3 is 5.70 Å². The van der Waals surface area contributed by atoms with E-state index in [0.717, 1.165) is 38.2 Å². The number of rotatable bonds is 4. The van der Waals surface area contributed by atoms with Crippen molar-refractivity contribution in [1.82, 2.24) is 9.80 Å². The Hall–Kier alpha value is -2.08. The van der Waals surface area contributed by atoms with Crippen LogP contribution in [0.2, 0.25) is 0 Å². The van der Waals surface area contributed by atoms with E-state index in [-0.39, 0.29) is 23.0 Å². The first-order chi connectivity index (χ1) is 12.0. The second kappa shape index (κ2) is 6.33. The molecule has 1 aromatic carbocycles. The molecule has 3 aliphatic heterocycles. The maximum Gasteiger partial charge on any atom is 0.314 e. The van der Waals surface area contributed by atoms with Gasteiger partial charge in [0.05, 0.1) is 4.92 Å². The maximum atomic E-state index is 11.7. The van der Waals surface area contributed by atoms with Crippen LogP contribution >= 0.6 is 0 Å². The Kier molecular flexibility index (Phi) is 4.15. The van der Waals surface area contributed by atoms with Crippen LogP contribution in [0.15, 0.2) is 35.8 Å². The van der Waals surface area contributed by atoms with Gasteiger partial charge in [-0.3, -0.25) is 10.1 Å². The minimum Gasteiger partial charge on any atom is -0.347 e. The summed E-state index contributed by atoms with van der Waals surface area (Å²) in [7, 11) is 0. The van der Waals surface area contributed by atoms with E-state index >= 15 is 0 Å². The molecule has 3 heterocycles. The smallest absolute Gasteiger partial charge is 0.314 e. The molecule has 2 saturated heterocycles. The summed E-state index contributed by atoms with van der Waals surface area (Å²) < 4.78 is 5.95. The molecule has 0 aromatic heterocycles. The minimum atomic E-state index is -0.357. The van der Waals surface area contributed by atoms with Crippen LogP contribution in [-0.2, 0) is 11.3 Å². The first kappa shape index (κ1) is 16.4. The number of hydrogen-bond donors (Lipinski definition) is 0. The third-order valence-electron chi connectivity index (χ3n) is 5.52. The Morgan fingerprint density at radius 2 is 2.00 bits per heavy atom. The molecule has 0 N–H and O–H groups in total. The van der Waals surface area contributed by atoms with Gasteiger partial charge in [-0.2, -0.15) is 0 Å². The fourth-order valence-electron chi connectivity index (χ4n) is 4.17. The first-order valence-electron chi connectivity index (χ1n) is 9.19. The average Bonchev–Trinajstić information content (AvgIpc) is 2.99. The van der Waals surface area contributed by atoms with Crippen molar-refractivity contribution in [3.05, 3.63) is 57.0 Å². The minimum absolute atomic E-state index is 0.00534. The molecule has 134 valence electrons. The van der Waals surface area contributed by atoms with Crippen LogP contribution in [0.1, 0.15) is 50.2 Å². The van der Waals surface area contributed by atoms with Gasteiger partial charge in [-0.05, 0) is 36.3 Å². The maximum absolute atomic E-state index is 11.7. The number of benzene rings is 1. The summed E-state index contributed by atoms with van der Waals surface area (Å²) in [4.78, 5) is 15.8. The van der Waals surface area contributed by atoms with Crippen LogP contribution in [-0.4, -0.2) is 40.1 Å². The molecular weight excluding hydrogens is 318 g/mol. The standard InChI is InChI=1S/C19H25N3O3/c1-13(2)15-8-6-14(7-9-15)12-20-10-11-21-17-5-3-4-16(25-17)18(19(20)21)22(23)24/h6-9,13,16-17H,3-5,10-12H2,1-2H3. The number of hydrogen-bond acceptors (Lipinski definition) is 5. The summed E-state index contributed by atoms with van der Waals surface area (Å²) in [6.45, 7) is 6.69. The second-order valence-corrected chi connectivity index (χ2v) is 7.49. The van der Waals surface area contributed by atoms with Gasteiger partial charge in [0, 0.05) is 19.6 Å². The van der Waals surface area contributed by atoms with E-state index in [1.807, 2.05) is 0 Å². The SMILES string of the molecule is CC(C)c1ccc(CN2CCN3C2=C([N+](=O)[O-])C2CCCC3O2)cc1. The lowest BCUT2D eigenvalue weighted by Gasteiger charge is -2.41. The topological polar surface area (TPSA) is 58.9 Å². The fraction of sp³-hybridized carbons (Fsp3) is 0.579. The molecule has 0 saturated carbocycles. The van der Waals surface area contributed by atoms with Crippen LogP contribution in [0, 0.1) is 10.1 Å². The second-order valence-electron chi connectivity index (χ2n) is 7.49. The highest BCUT2D eigenvalue weighted by molar-refractivity contribution is 5.26. The molecule has 2 atom stereocenters. The van der Waals surface area contributed by atoms with Crippen LogP contribution in [0.5, 0.6) is 0 Å².